The molecule has 1 aromatic heterocycles. The molecule has 148 valence electrons. The van der Waals surface area contributed by atoms with E-state index in [4.69, 9.17) is 9.47 Å². The first-order chi connectivity index (χ1) is 12.6. The molecule has 2 aromatic rings. The average Bonchev–Trinajstić information content (AvgIpc) is 2.66. The second-order valence-electron chi connectivity index (χ2n) is 6.04. The quantitative estimate of drug-likeness (QED) is 0.342. The molecule has 0 aliphatic heterocycles. The molecule has 0 bridgehead atoms. The summed E-state index contributed by atoms with van der Waals surface area (Å²) in [5.41, 5.74) is 2.50. The van der Waals surface area contributed by atoms with Crippen LogP contribution in [0.4, 0.5) is 0 Å². The number of guanidine groups is 1. The van der Waals surface area contributed by atoms with E-state index in [2.05, 4.69) is 33.6 Å². The van der Waals surface area contributed by atoms with Crippen molar-refractivity contribution in [3.8, 4) is 11.5 Å². The Labute approximate surface area is 178 Å². The van der Waals surface area contributed by atoms with Crippen molar-refractivity contribution in [2.75, 3.05) is 27.2 Å². The van der Waals surface area contributed by atoms with Crippen molar-refractivity contribution < 1.29 is 9.47 Å². The number of ether oxygens (including phenoxy) is 2. The number of hydrogen-bond donors (Lipinski definition) is 2. The Bertz CT molecular complexity index is 725. The van der Waals surface area contributed by atoms with Gasteiger partial charge in [0.25, 0.3) is 0 Å². The number of aromatic nitrogens is 1. The van der Waals surface area contributed by atoms with Crippen LogP contribution in [0, 0.1) is 6.92 Å². The lowest BCUT2D eigenvalue weighted by Gasteiger charge is -2.18. The number of nitrogens with zero attached hydrogens (tertiary/aromatic N) is 2. The van der Waals surface area contributed by atoms with Gasteiger partial charge in [0.15, 0.2) is 5.96 Å². The van der Waals surface area contributed by atoms with Gasteiger partial charge in [-0.3, -0.25) is 9.98 Å². The summed E-state index contributed by atoms with van der Waals surface area (Å²) in [7, 11) is 3.41. The zero-order chi connectivity index (χ0) is 18.8. The van der Waals surface area contributed by atoms with E-state index in [-0.39, 0.29) is 30.1 Å². The molecule has 1 unspecified atom stereocenters. The van der Waals surface area contributed by atoms with Gasteiger partial charge in [-0.05, 0) is 49.6 Å². The second-order valence-corrected chi connectivity index (χ2v) is 6.04. The van der Waals surface area contributed by atoms with Crippen LogP contribution in [0.1, 0.15) is 18.1 Å². The van der Waals surface area contributed by atoms with Gasteiger partial charge in [-0.2, -0.15) is 0 Å². The van der Waals surface area contributed by atoms with Crippen LogP contribution in [0.3, 0.4) is 0 Å². The summed E-state index contributed by atoms with van der Waals surface area (Å²) in [6.45, 7) is 5.54. The van der Waals surface area contributed by atoms with Crippen LogP contribution < -0.4 is 20.1 Å². The molecule has 27 heavy (non-hydrogen) atoms. The lowest BCUT2D eigenvalue weighted by atomic mass is 10.1. The highest BCUT2D eigenvalue weighted by Gasteiger charge is 2.07. The van der Waals surface area contributed by atoms with Crippen molar-refractivity contribution in [1.82, 2.24) is 15.6 Å². The Morgan fingerprint density at radius 1 is 1.22 bits per heavy atom. The molecule has 0 fully saturated rings. The third-order valence-electron chi connectivity index (χ3n) is 3.98. The van der Waals surface area contributed by atoms with Gasteiger partial charge in [-0.15, -0.1) is 24.0 Å². The van der Waals surface area contributed by atoms with Crippen molar-refractivity contribution in [2.45, 2.75) is 26.4 Å². The summed E-state index contributed by atoms with van der Waals surface area (Å²) in [4.78, 5) is 8.37. The summed E-state index contributed by atoms with van der Waals surface area (Å²) < 4.78 is 11.1. The maximum absolute atomic E-state index is 5.91. The zero-order valence-corrected chi connectivity index (χ0v) is 18.7. The topological polar surface area (TPSA) is 67.8 Å². The zero-order valence-electron chi connectivity index (χ0n) is 16.4. The summed E-state index contributed by atoms with van der Waals surface area (Å²) in [5, 5.41) is 6.61. The lowest BCUT2D eigenvalue weighted by molar-refractivity contribution is 0.223. The smallest absolute Gasteiger partial charge is 0.191 e. The van der Waals surface area contributed by atoms with E-state index >= 15 is 0 Å². The number of aliphatic imine (C=N–C) groups is 1. The summed E-state index contributed by atoms with van der Waals surface area (Å²) >= 11 is 0. The molecule has 1 atom stereocenters. The Morgan fingerprint density at radius 2 is 2.00 bits per heavy atom. The van der Waals surface area contributed by atoms with Gasteiger partial charge in [-0.1, -0.05) is 6.07 Å². The van der Waals surface area contributed by atoms with Gasteiger partial charge in [0.1, 0.15) is 17.6 Å². The van der Waals surface area contributed by atoms with Crippen LogP contribution in [-0.2, 0) is 6.42 Å². The van der Waals surface area contributed by atoms with Gasteiger partial charge in [0.2, 0.25) is 0 Å². The highest BCUT2D eigenvalue weighted by Crippen LogP contribution is 2.19. The minimum Gasteiger partial charge on any atom is -0.497 e. The van der Waals surface area contributed by atoms with E-state index in [1.54, 1.807) is 14.2 Å². The highest BCUT2D eigenvalue weighted by molar-refractivity contribution is 14.0. The Balaban J connectivity index is 0.00000364. The van der Waals surface area contributed by atoms with Gasteiger partial charge in [0, 0.05) is 32.1 Å². The average molecular weight is 484 g/mol. The maximum atomic E-state index is 5.91. The largest absolute Gasteiger partial charge is 0.497 e. The lowest BCUT2D eigenvalue weighted by Crippen LogP contribution is -2.42. The van der Waals surface area contributed by atoms with E-state index < -0.39 is 0 Å². The number of nitrogens with one attached hydrogen (secondary N) is 2. The fraction of sp³-hybridized carbons (Fsp3) is 0.400. The molecule has 2 N–H and O–H groups in total. The Morgan fingerprint density at radius 3 is 2.70 bits per heavy atom. The summed E-state index contributed by atoms with van der Waals surface area (Å²) in [6, 6.07) is 9.66. The van der Waals surface area contributed by atoms with Crippen molar-refractivity contribution >= 4 is 29.9 Å². The van der Waals surface area contributed by atoms with Crippen molar-refractivity contribution in [3.05, 3.63) is 53.9 Å². The molecular formula is C20H29IN4O2. The fourth-order valence-electron chi connectivity index (χ4n) is 2.51. The van der Waals surface area contributed by atoms with Crippen LogP contribution in [0.25, 0.3) is 0 Å². The monoisotopic (exact) mass is 484 g/mol. The van der Waals surface area contributed by atoms with E-state index in [9.17, 15) is 0 Å². The molecule has 7 heteroatoms. The van der Waals surface area contributed by atoms with Gasteiger partial charge >= 0.3 is 0 Å². The summed E-state index contributed by atoms with van der Waals surface area (Å²) in [5.74, 6) is 2.33. The molecule has 0 saturated heterocycles. The van der Waals surface area contributed by atoms with Crippen LogP contribution in [0.2, 0.25) is 0 Å². The van der Waals surface area contributed by atoms with Crippen molar-refractivity contribution in [2.24, 2.45) is 4.99 Å². The molecule has 0 amide bonds. The molecule has 1 heterocycles. The Hall–Kier alpha value is -2.03. The number of rotatable bonds is 8. The standard InChI is InChI=1S/C20H28N4O2.HI/c1-15-13-22-10-8-17(15)9-11-23-20(21-3)24-14-16(2)26-19-7-5-6-18(12-19)25-4;/h5-8,10,12-13,16H,9,11,14H2,1-4H3,(H2,21,23,24);1H. The molecule has 0 aliphatic rings. The first-order valence-corrected chi connectivity index (χ1v) is 8.77. The van der Waals surface area contributed by atoms with Gasteiger partial charge in [0.05, 0.1) is 13.7 Å². The fourth-order valence-corrected chi connectivity index (χ4v) is 2.51. The predicted molar refractivity (Wildman–Crippen MR) is 121 cm³/mol. The van der Waals surface area contributed by atoms with Crippen LogP contribution >= 0.6 is 24.0 Å². The van der Waals surface area contributed by atoms with Crippen LogP contribution in [-0.4, -0.2) is 44.3 Å². The van der Waals surface area contributed by atoms with E-state index in [1.807, 2.05) is 43.6 Å². The predicted octanol–water partition coefficient (Wildman–Crippen LogP) is 3.19. The number of aryl methyl sites for hydroxylation is 1. The number of halogens is 1. The molecule has 0 aliphatic carbocycles. The molecule has 0 radical (unpaired) electrons. The number of methoxy groups -OCH3 is 1. The highest BCUT2D eigenvalue weighted by atomic mass is 127. The van der Waals surface area contributed by atoms with Crippen molar-refractivity contribution in [1.29, 1.82) is 0 Å². The number of pyridine rings is 1. The van der Waals surface area contributed by atoms with E-state index in [0.717, 1.165) is 30.4 Å². The summed E-state index contributed by atoms with van der Waals surface area (Å²) in [6.07, 6.45) is 4.63. The van der Waals surface area contributed by atoms with Gasteiger partial charge < -0.3 is 20.1 Å². The number of benzene rings is 1. The molecule has 0 saturated carbocycles. The van der Waals surface area contributed by atoms with Crippen molar-refractivity contribution in [3.63, 3.8) is 0 Å². The van der Waals surface area contributed by atoms with Crippen LogP contribution in [0.15, 0.2) is 47.7 Å². The molecule has 0 spiro atoms. The molecule has 6 nitrogen and oxygen atoms in total. The Kier molecular flexibility index (Phi) is 10.5. The minimum atomic E-state index is -0.0110. The number of hydrogen-bond acceptors (Lipinski definition) is 4. The molecule has 2 rings (SSSR count). The molecular weight excluding hydrogens is 455 g/mol. The van der Waals surface area contributed by atoms with Gasteiger partial charge in [-0.25, -0.2) is 0 Å². The third kappa shape index (κ3) is 8.03. The van der Waals surface area contributed by atoms with Crippen LogP contribution in [0.5, 0.6) is 11.5 Å². The first kappa shape index (κ1) is 23.0. The minimum absolute atomic E-state index is 0. The maximum Gasteiger partial charge on any atom is 0.191 e. The first-order valence-electron chi connectivity index (χ1n) is 8.77. The SMILES string of the molecule is CN=C(NCCc1ccncc1C)NCC(C)Oc1cccc(OC)c1.I. The normalized spacial score (nSPS) is 11.9. The second kappa shape index (κ2) is 12.4. The molecule has 1 aromatic carbocycles. The van der Waals surface area contributed by atoms with E-state index in [1.165, 1.54) is 11.1 Å². The van der Waals surface area contributed by atoms with E-state index in [0.29, 0.717) is 6.54 Å². The third-order valence-corrected chi connectivity index (χ3v) is 3.98.